The molecule has 2 aromatic carbocycles. The second-order valence-electron chi connectivity index (χ2n) is 4.41. The van der Waals surface area contributed by atoms with E-state index in [4.69, 9.17) is 17.3 Å². The van der Waals surface area contributed by atoms with Gasteiger partial charge in [-0.3, -0.25) is 0 Å². The molecule has 6 heteroatoms. The minimum atomic E-state index is -3.55. The highest BCUT2D eigenvalue weighted by Crippen LogP contribution is 2.20. The van der Waals surface area contributed by atoms with E-state index >= 15 is 0 Å². The molecule has 0 amide bonds. The molecule has 2 N–H and O–H groups in total. The summed E-state index contributed by atoms with van der Waals surface area (Å²) in [6, 6.07) is 13.3. The monoisotopic (exact) mass is 310 g/mol. The van der Waals surface area contributed by atoms with Gasteiger partial charge in [-0.1, -0.05) is 29.8 Å². The van der Waals surface area contributed by atoms with E-state index in [2.05, 4.69) is 0 Å². The van der Waals surface area contributed by atoms with Crippen LogP contribution in [0.3, 0.4) is 0 Å². The number of para-hydroxylation sites is 1. The fourth-order valence-electron chi connectivity index (χ4n) is 1.79. The van der Waals surface area contributed by atoms with E-state index in [9.17, 15) is 8.42 Å². The van der Waals surface area contributed by atoms with Crippen molar-refractivity contribution in [3.8, 4) is 0 Å². The lowest BCUT2D eigenvalue weighted by molar-refractivity contribution is 0.467. The summed E-state index contributed by atoms with van der Waals surface area (Å²) in [7, 11) is -2.03. The van der Waals surface area contributed by atoms with Crippen molar-refractivity contribution < 1.29 is 8.42 Å². The van der Waals surface area contributed by atoms with Crippen LogP contribution in [0.2, 0.25) is 5.02 Å². The molecule has 0 heterocycles. The molecule has 0 saturated heterocycles. The zero-order chi connectivity index (χ0) is 14.8. The number of rotatable bonds is 4. The highest BCUT2D eigenvalue weighted by Gasteiger charge is 2.21. The third-order valence-electron chi connectivity index (χ3n) is 2.97. The second-order valence-corrected chi connectivity index (χ2v) is 6.90. The van der Waals surface area contributed by atoms with E-state index in [1.54, 1.807) is 18.2 Å². The van der Waals surface area contributed by atoms with Gasteiger partial charge in [0.2, 0.25) is 10.0 Å². The topological polar surface area (TPSA) is 63.4 Å². The lowest BCUT2D eigenvalue weighted by atomic mass is 10.2. The molecule has 4 nitrogen and oxygen atoms in total. The lowest BCUT2D eigenvalue weighted by Crippen LogP contribution is -2.26. The molecule has 0 fully saturated rings. The van der Waals surface area contributed by atoms with Crippen molar-refractivity contribution in [2.24, 2.45) is 0 Å². The summed E-state index contributed by atoms with van der Waals surface area (Å²) in [5.41, 5.74) is 7.18. The molecule has 20 heavy (non-hydrogen) atoms. The molecule has 0 unspecified atom stereocenters. The van der Waals surface area contributed by atoms with Gasteiger partial charge in [0.15, 0.2) is 0 Å². The maximum atomic E-state index is 12.4. The van der Waals surface area contributed by atoms with Crippen LogP contribution >= 0.6 is 11.6 Å². The van der Waals surface area contributed by atoms with Gasteiger partial charge in [0.05, 0.1) is 4.90 Å². The highest BCUT2D eigenvalue weighted by atomic mass is 35.5. The number of sulfonamides is 1. The first kappa shape index (κ1) is 14.8. The van der Waals surface area contributed by atoms with E-state index in [0.29, 0.717) is 10.7 Å². The van der Waals surface area contributed by atoms with Gasteiger partial charge >= 0.3 is 0 Å². The molecule has 0 atom stereocenters. The lowest BCUT2D eigenvalue weighted by Gasteiger charge is -2.18. The summed E-state index contributed by atoms with van der Waals surface area (Å²) >= 11 is 5.77. The Labute approximate surface area is 123 Å². The zero-order valence-electron chi connectivity index (χ0n) is 11.0. The molecular weight excluding hydrogens is 296 g/mol. The first-order valence-corrected chi connectivity index (χ1v) is 7.78. The largest absolute Gasteiger partial charge is 0.398 e. The second kappa shape index (κ2) is 5.83. The number of benzene rings is 2. The van der Waals surface area contributed by atoms with Crippen LogP contribution in [-0.4, -0.2) is 19.8 Å². The summed E-state index contributed by atoms with van der Waals surface area (Å²) in [6.45, 7) is 0.220. The zero-order valence-corrected chi connectivity index (χ0v) is 12.5. The van der Waals surface area contributed by atoms with Crippen molar-refractivity contribution in [1.82, 2.24) is 4.31 Å². The van der Waals surface area contributed by atoms with Crippen molar-refractivity contribution >= 4 is 27.3 Å². The van der Waals surface area contributed by atoms with Crippen LogP contribution in [-0.2, 0) is 16.6 Å². The average Bonchev–Trinajstić information content (AvgIpc) is 2.41. The van der Waals surface area contributed by atoms with Gasteiger partial charge < -0.3 is 5.73 Å². The predicted octanol–water partition coefficient (Wildman–Crippen LogP) is 2.74. The van der Waals surface area contributed by atoms with Crippen LogP contribution in [0.25, 0.3) is 0 Å². The first-order valence-electron chi connectivity index (χ1n) is 5.96. The van der Waals surface area contributed by atoms with Gasteiger partial charge in [-0.25, -0.2) is 8.42 Å². The molecule has 0 spiro atoms. The standard InChI is InChI=1S/C14H15ClN2O2S/c1-17(10-11-4-2-3-5-14(11)16)20(18,19)13-8-6-12(15)7-9-13/h2-9H,10,16H2,1H3. The molecule has 0 aliphatic rings. The normalized spacial score (nSPS) is 11.8. The number of hydrogen-bond acceptors (Lipinski definition) is 3. The Morgan fingerprint density at radius 2 is 1.70 bits per heavy atom. The van der Waals surface area contributed by atoms with Gasteiger partial charge in [-0.05, 0) is 35.9 Å². The number of halogens is 1. The van der Waals surface area contributed by atoms with E-state index in [1.165, 1.54) is 23.5 Å². The van der Waals surface area contributed by atoms with Crippen LogP contribution in [0.15, 0.2) is 53.4 Å². The van der Waals surface area contributed by atoms with Crippen molar-refractivity contribution in [3.05, 3.63) is 59.1 Å². The van der Waals surface area contributed by atoms with Crippen LogP contribution in [0.4, 0.5) is 5.69 Å². The summed E-state index contributed by atoms with van der Waals surface area (Å²) < 4.78 is 26.1. The molecule has 106 valence electrons. The van der Waals surface area contributed by atoms with Gasteiger partial charge in [0.25, 0.3) is 0 Å². The van der Waals surface area contributed by atoms with E-state index < -0.39 is 10.0 Å². The van der Waals surface area contributed by atoms with E-state index in [0.717, 1.165) is 5.56 Å². The van der Waals surface area contributed by atoms with E-state index in [1.807, 2.05) is 18.2 Å². The fourth-order valence-corrected chi connectivity index (χ4v) is 3.06. The molecule has 0 aliphatic carbocycles. The summed E-state index contributed by atoms with van der Waals surface area (Å²) in [6.07, 6.45) is 0. The number of nitrogen functional groups attached to an aromatic ring is 1. The molecule has 0 aliphatic heterocycles. The van der Waals surface area contributed by atoms with Crippen molar-refractivity contribution in [2.75, 3.05) is 12.8 Å². The van der Waals surface area contributed by atoms with Gasteiger partial charge in [-0.2, -0.15) is 4.31 Å². The Balaban J connectivity index is 2.26. The maximum Gasteiger partial charge on any atom is 0.243 e. The molecule has 0 radical (unpaired) electrons. The summed E-state index contributed by atoms with van der Waals surface area (Å²) in [5.74, 6) is 0. The SMILES string of the molecule is CN(Cc1ccccc1N)S(=O)(=O)c1ccc(Cl)cc1. The average molecular weight is 311 g/mol. The first-order chi connectivity index (χ1) is 9.41. The minimum Gasteiger partial charge on any atom is -0.398 e. The van der Waals surface area contributed by atoms with Gasteiger partial charge in [-0.15, -0.1) is 0 Å². The molecule has 2 rings (SSSR count). The Kier molecular flexibility index (Phi) is 4.32. The van der Waals surface area contributed by atoms with E-state index in [-0.39, 0.29) is 11.4 Å². The molecule has 0 saturated carbocycles. The minimum absolute atomic E-state index is 0.207. The third kappa shape index (κ3) is 3.12. The Hall–Kier alpha value is -1.56. The number of anilines is 1. The molecule has 2 aromatic rings. The van der Waals surface area contributed by atoms with Gasteiger partial charge in [0.1, 0.15) is 0 Å². The molecular formula is C14H15ClN2O2S. The van der Waals surface area contributed by atoms with Crippen LogP contribution in [0.1, 0.15) is 5.56 Å². The Bertz CT molecular complexity index is 699. The Morgan fingerprint density at radius 3 is 2.30 bits per heavy atom. The van der Waals surface area contributed by atoms with Crippen molar-refractivity contribution in [3.63, 3.8) is 0 Å². The van der Waals surface area contributed by atoms with Crippen molar-refractivity contribution in [1.29, 1.82) is 0 Å². The number of hydrogen-bond donors (Lipinski definition) is 1. The quantitative estimate of drug-likeness (QED) is 0.883. The summed E-state index contributed by atoms with van der Waals surface area (Å²) in [5, 5.41) is 0.499. The number of nitrogens with two attached hydrogens (primary N) is 1. The molecule has 0 aromatic heterocycles. The van der Waals surface area contributed by atoms with Crippen LogP contribution < -0.4 is 5.73 Å². The van der Waals surface area contributed by atoms with Crippen LogP contribution in [0, 0.1) is 0 Å². The third-order valence-corrected chi connectivity index (χ3v) is 5.04. The smallest absolute Gasteiger partial charge is 0.243 e. The fraction of sp³-hybridized carbons (Fsp3) is 0.143. The predicted molar refractivity (Wildman–Crippen MR) is 81.0 cm³/mol. The maximum absolute atomic E-state index is 12.4. The highest BCUT2D eigenvalue weighted by molar-refractivity contribution is 7.89. The number of nitrogens with zero attached hydrogens (tertiary/aromatic N) is 1. The van der Waals surface area contributed by atoms with Crippen molar-refractivity contribution in [2.45, 2.75) is 11.4 Å². The summed E-state index contributed by atoms with van der Waals surface area (Å²) in [4.78, 5) is 0.207. The molecule has 0 bridgehead atoms. The van der Waals surface area contributed by atoms with Crippen LogP contribution in [0.5, 0.6) is 0 Å². The van der Waals surface area contributed by atoms with Gasteiger partial charge in [0, 0.05) is 24.3 Å². The Morgan fingerprint density at radius 1 is 1.10 bits per heavy atom.